The Kier molecular flexibility index (Phi) is 5.11. The number of rotatable bonds is 5. The lowest BCUT2D eigenvalue weighted by Crippen LogP contribution is -2.37. The third-order valence-corrected chi connectivity index (χ3v) is 4.47. The molecule has 1 heterocycles. The Morgan fingerprint density at radius 1 is 1.12 bits per heavy atom. The van der Waals surface area contributed by atoms with E-state index >= 15 is 0 Å². The summed E-state index contributed by atoms with van der Waals surface area (Å²) in [4.78, 5) is 2.74. The zero-order valence-corrected chi connectivity index (χ0v) is 10.9. The van der Waals surface area contributed by atoms with Gasteiger partial charge in [-0.05, 0) is 64.2 Å². The quantitative estimate of drug-likeness (QED) is 0.772. The molecule has 0 bridgehead atoms. The van der Waals surface area contributed by atoms with Crippen LogP contribution in [0.25, 0.3) is 0 Å². The van der Waals surface area contributed by atoms with Crippen LogP contribution in [-0.2, 0) is 0 Å². The monoisotopic (exact) mass is 224 g/mol. The topological polar surface area (TPSA) is 15.3 Å². The van der Waals surface area contributed by atoms with Crippen LogP contribution in [-0.4, -0.2) is 37.1 Å². The lowest BCUT2D eigenvalue weighted by atomic mass is 9.96. The highest BCUT2D eigenvalue weighted by atomic mass is 15.1. The van der Waals surface area contributed by atoms with Crippen LogP contribution in [0, 0.1) is 5.92 Å². The number of piperidine rings is 1. The van der Waals surface area contributed by atoms with Crippen molar-refractivity contribution in [2.45, 2.75) is 57.9 Å². The van der Waals surface area contributed by atoms with E-state index in [9.17, 15) is 0 Å². The normalized spacial score (nSPS) is 27.8. The van der Waals surface area contributed by atoms with E-state index < -0.39 is 0 Å². The van der Waals surface area contributed by atoms with E-state index in [1.807, 2.05) is 0 Å². The predicted octanol–water partition coefficient (Wildman–Crippen LogP) is 2.64. The van der Waals surface area contributed by atoms with Crippen molar-refractivity contribution in [1.29, 1.82) is 0 Å². The summed E-state index contributed by atoms with van der Waals surface area (Å²) in [6, 6.07) is 0.918. The Balaban J connectivity index is 1.69. The average Bonchev–Trinajstić information content (AvgIpc) is 2.85. The summed E-state index contributed by atoms with van der Waals surface area (Å²) in [5, 5.41) is 3.53. The molecule has 0 spiro atoms. The first-order valence-electron chi connectivity index (χ1n) is 7.35. The van der Waals surface area contributed by atoms with Gasteiger partial charge in [0, 0.05) is 6.04 Å². The highest BCUT2D eigenvalue weighted by Crippen LogP contribution is 2.24. The van der Waals surface area contributed by atoms with Gasteiger partial charge in [0.15, 0.2) is 0 Å². The van der Waals surface area contributed by atoms with Crippen molar-refractivity contribution in [2.24, 2.45) is 5.92 Å². The minimum atomic E-state index is 0.918. The molecule has 1 saturated carbocycles. The Bertz CT molecular complexity index is 181. The maximum Gasteiger partial charge on any atom is 0.00951 e. The molecule has 0 aromatic carbocycles. The minimum absolute atomic E-state index is 0.918. The molecule has 2 fully saturated rings. The Labute approximate surface area is 101 Å². The van der Waals surface area contributed by atoms with Gasteiger partial charge in [-0.25, -0.2) is 0 Å². The fourth-order valence-electron chi connectivity index (χ4n) is 3.39. The van der Waals surface area contributed by atoms with Gasteiger partial charge in [-0.2, -0.15) is 0 Å². The molecule has 94 valence electrons. The first kappa shape index (κ1) is 12.4. The molecule has 1 atom stereocenters. The standard InChI is InChI=1S/C14H28N2/c1-2-16(14-7-3-4-8-14)11-9-13-6-5-10-15-12-13/h13-15H,2-12H2,1H3. The largest absolute Gasteiger partial charge is 0.316 e. The van der Waals surface area contributed by atoms with Gasteiger partial charge in [-0.3, -0.25) is 0 Å². The van der Waals surface area contributed by atoms with Gasteiger partial charge >= 0.3 is 0 Å². The van der Waals surface area contributed by atoms with Gasteiger partial charge in [0.2, 0.25) is 0 Å². The van der Waals surface area contributed by atoms with Crippen LogP contribution in [0.2, 0.25) is 0 Å². The van der Waals surface area contributed by atoms with Gasteiger partial charge in [0.25, 0.3) is 0 Å². The molecule has 0 aromatic heterocycles. The molecule has 2 heteroatoms. The van der Waals surface area contributed by atoms with E-state index in [1.54, 1.807) is 0 Å². The van der Waals surface area contributed by atoms with Crippen LogP contribution in [0.1, 0.15) is 51.9 Å². The van der Waals surface area contributed by atoms with Gasteiger partial charge in [-0.15, -0.1) is 0 Å². The Morgan fingerprint density at radius 3 is 2.56 bits per heavy atom. The van der Waals surface area contributed by atoms with Gasteiger partial charge in [0.1, 0.15) is 0 Å². The Hall–Kier alpha value is -0.0800. The second-order valence-corrected chi connectivity index (χ2v) is 5.57. The van der Waals surface area contributed by atoms with Crippen LogP contribution in [0.5, 0.6) is 0 Å². The summed E-state index contributed by atoms with van der Waals surface area (Å²) >= 11 is 0. The molecule has 0 aromatic rings. The molecule has 1 unspecified atom stereocenters. The van der Waals surface area contributed by atoms with Crippen molar-refractivity contribution in [1.82, 2.24) is 10.2 Å². The van der Waals surface area contributed by atoms with Crippen LogP contribution in [0.15, 0.2) is 0 Å². The van der Waals surface area contributed by atoms with E-state index in [0.717, 1.165) is 12.0 Å². The molecule has 16 heavy (non-hydrogen) atoms. The summed E-state index contributed by atoms with van der Waals surface area (Å²) in [6.45, 7) is 7.44. The number of hydrogen-bond donors (Lipinski definition) is 1. The first-order chi connectivity index (χ1) is 7.90. The van der Waals surface area contributed by atoms with E-state index in [0.29, 0.717) is 0 Å². The molecule has 2 aliphatic rings. The molecular formula is C14H28N2. The fourth-order valence-corrected chi connectivity index (χ4v) is 3.39. The highest BCUT2D eigenvalue weighted by Gasteiger charge is 2.22. The SMILES string of the molecule is CCN(CCC1CCCNC1)C1CCCC1. The molecule has 0 amide bonds. The lowest BCUT2D eigenvalue weighted by molar-refractivity contribution is 0.187. The van der Waals surface area contributed by atoms with Crippen molar-refractivity contribution in [3.63, 3.8) is 0 Å². The Morgan fingerprint density at radius 2 is 1.94 bits per heavy atom. The number of hydrogen-bond acceptors (Lipinski definition) is 2. The number of nitrogens with zero attached hydrogens (tertiary/aromatic N) is 1. The lowest BCUT2D eigenvalue weighted by Gasteiger charge is -2.30. The van der Waals surface area contributed by atoms with Crippen LogP contribution in [0.4, 0.5) is 0 Å². The molecule has 1 aliphatic carbocycles. The molecule has 2 nitrogen and oxygen atoms in total. The summed E-state index contributed by atoms with van der Waals surface area (Å²) < 4.78 is 0. The highest BCUT2D eigenvalue weighted by molar-refractivity contribution is 4.78. The summed E-state index contributed by atoms with van der Waals surface area (Å²) in [6.07, 6.45) is 10.1. The fraction of sp³-hybridized carbons (Fsp3) is 1.00. The summed E-state index contributed by atoms with van der Waals surface area (Å²) in [5.41, 5.74) is 0. The zero-order chi connectivity index (χ0) is 11.2. The predicted molar refractivity (Wildman–Crippen MR) is 69.7 cm³/mol. The second-order valence-electron chi connectivity index (χ2n) is 5.57. The van der Waals surface area contributed by atoms with E-state index in [1.165, 1.54) is 71.1 Å². The van der Waals surface area contributed by atoms with Crippen LogP contribution >= 0.6 is 0 Å². The van der Waals surface area contributed by atoms with Crippen LogP contribution in [0.3, 0.4) is 0 Å². The maximum absolute atomic E-state index is 3.53. The van der Waals surface area contributed by atoms with Gasteiger partial charge in [0.05, 0.1) is 0 Å². The molecular weight excluding hydrogens is 196 g/mol. The van der Waals surface area contributed by atoms with Gasteiger partial charge in [-0.1, -0.05) is 19.8 Å². The minimum Gasteiger partial charge on any atom is -0.316 e. The van der Waals surface area contributed by atoms with E-state index in [2.05, 4.69) is 17.1 Å². The van der Waals surface area contributed by atoms with Crippen molar-refractivity contribution in [3.8, 4) is 0 Å². The zero-order valence-electron chi connectivity index (χ0n) is 10.9. The van der Waals surface area contributed by atoms with Crippen LogP contribution < -0.4 is 5.32 Å². The number of nitrogens with one attached hydrogen (secondary N) is 1. The first-order valence-corrected chi connectivity index (χ1v) is 7.35. The van der Waals surface area contributed by atoms with E-state index in [4.69, 9.17) is 0 Å². The summed E-state index contributed by atoms with van der Waals surface area (Å²) in [5.74, 6) is 0.948. The molecule has 1 aliphatic heterocycles. The van der Waals surface area contributed by atoms with Crippen molar-refractivity contribution >= 4 is 0 Å². The second kappa shape index (κ2) is 6.61. The summed E-state index contributed by atoms with van der Waals surface area (Å²) in [7, 11) is 0. The molecule has 2 rings (SSSR count). The molecule has 1 saturated heterocycles. The van der Waals surface area contributed by atoms with Crippen molar-refractivity contribution in [3.05, 3.63) is 0 Å². The van der Waals surface area contributed by atoms with Gasteiger partial charge < -0.3 is 10.2 Å². The van der Waals surface area contributed by atoms with Crippen molar-refractivity contribution in [2.75, 3.05) is 26.2 Å². The maximum atomic E-state index is 3.53. The third-order valence-electron chi connectivity index (χ3n) is 4.47. The third kappa shape index (κ3) is 3.46. The van der Waals surface area contributed by atoms with Crippen molar-refractivity contribution < 1.29 is 0 Å². The average molecular weight is 224 g/mol. The molecule has 0 radical (unpaired) electrons. The molecule has 1 N–H and O–H groups in total. The smallest absolute Gasteiger partial charge is 0.00951 e. The van der Waals surface area contributed by atoms with E-state index in [-0.39, 0.29) is 0 Å².